The monoisotopic (exact) mass is 160 g/mol. The summed E-state index contributed by atoms with van der Waals surface area (Å²) in [5.41, 5.74) is 0. The summed E-state index contributed by atoms with van der Waals surface area (Å²) in [5.74, 6) is 0. The number of hydrogen-bond acceptors (Lipinski definition) is 1. The topological polar surface area (TPSA) is 12.5 Å². The first kappa shape index (κ1) is 7.06. The molecular weight excluding hydrogens is 153 g/mol. The van der Waals surface area contributed by atoms with E-state index in [2.05, 4.69) is 6.42 Å². The van der Waals surface area contributed by atoms with Crippen LogP contribution in [0, 0.1) is 6.42 Å². The van der Waals surface area contributed by atoms with Gasteiger partial charge in [-0.2, -0.15) is 6.92 Å². The van der Waals surface area contributed by atoms with Crippen LogP contribution in [0.4, 0.5) is 0 Å². The first-order valence-electron chi connectivity index (χ1n) is 1.84. The van der Waals surface area contributed by atoms with E-state index in [1.165, 1.54) is 0 Å². The Morgan fingerprint density at radius 3 is 2.33 bits per heavy atom. The van der Waals surface area contributed by atoms with Crippen molar-refractivity contribution in [3.63, 3.8) is 0 Å². The van der Waals surface area contributed by atoms with Gasteiger partial charge in [-0.3, -0.25) is 0 Å². The average Bonchev–Trinajstić information content (AvgIpc) is 2.12. The summed E-state index contributed by atoms with van der Waals surface area (Å²) in [7, 11) is 0. The SMILES string of the molecule is C[CH-][C@H]1CO1.[Y]. The van der Waals surface area contributed by atoms with Crippen LogP contribution in [0.1, 0.15) is 6.92 Å². The van der Waals surface area contributed by atoms with Gasteiger partial charge in [0.15, 0.2) is 0 Å². The minimum absolute atomic E-state index is 0. The van der Waals surface area contributed by atoms with E-state index in [4.69, 9.17) is 4.74 Å². The maximum absolute atomic E-state index is 4.80. The largest absolute Gasteiger partial charge is 0.408 e. The third kappa shape index (κ3) is 2.27. The molecule has 0 aliphatic carbocycles. The fourth-order valence-corrected chi connectivity index (χ4v) is 0.248. The molecule has 0 aromatic rings. The summed E-state index contributed by atoms with van der Waals surface area (Å²) >= 11 is 0. The van der Waals surface area contributed by atoms with Gasteiger partial charge in [0.05, 0.1) is 0 Å². The summed E-state index contributed by atoms with van der Waals surface area (Å²) in [5, 5.41) is 0. The van der Waals surface area contributed by atoms with E-state index in [-0.39, 0.29) is 32.7 Å². The van der Waals surface area contributed by atoms with Crippen LogP contribution < -0.4 is 0 Å². The second-order valence-corrected chi connectivity index (χ2v) is 1.21. The van der Waals surface area contributed by atoms with Crippen molar-refractivity contribution in [1.82, 2.24) is 0 Å². The first-order valence-corrected chi connectivity index (χ1v) is 1.84. The van der Waals surface area contributed by atoms with E-state index < -0.39 is 0 Å². The van der Waals surface area contributed by atoms with Gasteiger partial charge in [-0.1, -0.05) is 0 Å². The fraction of sp³-hybridized carbons (Fsp3) is 0.750. The van der Waals surface area contributed by atoms with Crippen LogP contribution in [0.3, 0.4) is 0 Å². The molecule has 0 unspecified atom stereocenters. The molecule has 0 aromatic heterocycles. The molecule has 33 valence electrons. The van der Waals surface area contributed by atoms with Gasteiger partial charge in [0, 0.05) is 39.3 Å². The van der Waals surface area contributed by atoms with Gasteiger partial charge in [-0.05, 0) is 6.10 Å². The minimum atomic E-state index is 0. The molecule has 0 bridgehead atoms. The summed E-state index contributed by atoms with van der Waals surface area (Å²) in [6.45, 7) is 2.97. The van der Waals surface area contributed by atoms with Crippen LogP contribution in [-0.4, -0.2) is 12.7 Å². The van der Waals surface area contributed by atoms with Crippen molar-refractivity contribution in [1.29, 1.82) is 0 Å². The Bertz CT molecular complexity index is 34.5. The Morgan fingerprint density at radius 1 is 1.83 bits per heavy atom. The van der Waals surface area contributed by atoms with Crippen molar-refractivity contribution < 1.29 is 37.4 Å². The predicted molar refractivity (Wildman–Crippen MR) is 19.7 cm³/mol. The van der Waals surface area contributed by atoms with Crippen molar-refractivity contribution in [2.75, 3.05) is 6.61 Å². The average molecular weight is 160 g/mol. The smallest absolute Gasteiger partial charge is 0.0417 e. The molecule has 1 atom stereocenters. The van der Waals surface area contributed by atoms with Crippen LogP contribution in [0.5, 0.6) is 0 Å². The number of hydrogen-bond donors (Lipinski definition) is 0. The molecule has 0 N–H and O–H groups in total. The van der Waals surface area contributed by atoms with Gasteiger partial charge in [-0.15, -0.1) is 0 Å². The summed E-state index contributed by atoms with van der Waals surface area (Å²) < 4.78 is 4.80. The molecule has 6 heavy (non-hydrogen) atoms. The van der Waals surface area contributed by atoms with E-state index in [1.54, 1.807) is 0 Å². The normalized spacial score (nSPS) is 28.5. The van der Waals surface area contributed by atoms with Crippen LogP contribution >= 0.6 is 0 Å². The molecule has 2 heteroatoms. The fourth-order valence-electron chi connectivity index (χ4n) is 0.248. The number of epoxide rings is 1. The van der Waals surface area contributed by atoms with Crippen molar-refractivity contribution >= 4 is 0 Å². The zero-order valence-electron chi connectivity index (χ0n) is 3.85. The molecule has 1 aliphatic heterocycles. The van der Waals surface area contributed by atoms with Crippen molar-refractivity contribution in [3.05, 3.63) is 6.42 Å². The van der Waals surface area contributed by atoms with Crippen LogP contribution in [0.2, 0.25) is 0 Å². The quantitative estimate of drug-likeness (QED) is 0.404. The zero-order valence-corrected chi connectivity index (χ0v) is 6.69. The molecule has 1 rings (SSSR count). The van der Waals surface area contributed by atoms with Crippen LogP contribution in [-0.2, 0) is 37.4 Å². The maximum Gasteiger partial charge on any atom is 0.0417 e. The molecule has 0 saturated carbocycles. The Labute approximate surface area is 63.3 Å². The van der Waals surface area contributed by atoms with Crippen molar-refractivity contribution in [2.24, 2.45) is 0 Å². The molecular formula is C4H7OY-. The molecule has 0 amide bonds. The number of rotatable bonds is 1. The maximum atomic E-state index is 4.80. The standard InChI is InChI=1S/C4H7O.Y/c1-2-4-3-5-4;/h2,4H,3H2,1H3;/q-1;/t4-;/m0./s1. The van der Waals surface area contributed by atoms with Gasteiger partial charge in [0.2, 0.25) is 0 Å². The Kier molecular flexibility index (Phi) is 3.67. The van der Waals surface area contributed by atoms with Gasteiger partial charge in [-0.25, -0.2) is 0 Å². The Morgan fingerprint density at radius 2 is 2.33 bits per heavy atom. The van der Waals surface area contributed by atoms with Gasteiger partial charge in [0.25, 0.3) is 0 Å². The second kappa shape index (κ2) is 3.12. The summed E-state index contributed by atoms with van der Waals surface area (Å²) in [6.07, 6.45) is 2.56. The summed E-state index contributed by atoms with van der Waals surface area (Å²) in [4.78, 5) is 0. The van der Waals surface area contributed by atoms with Gasteiger partial charge < -0.3 is 11.2 Å². The summed E-state index contributed by atoms with van der Waals surface area (Å²) in [6, 6.07) is 0. The van der Waals surface area contributed by atoms with E-state index in [0.717, 1.165) is 6.61 Å². The third-order valence-electron chi connectivity index (χ3n) is 0.731. The second-order valence-electron chi connectivity index (χ2n) is 1.21. The molecule has 1 nitrogen and oxygen atoms in total. The molecule has 1 radical (unpaired) electrons. The molecule has 0 spiro atoms. The van der Waals surface area contributed by atoms with Crippen molar-refractivity contribution in [3.8, 4) is 0 Å². The molecule has 1 heterocycles. The first-order chi connectivity index (χ1) is 2.43. The van der Waals surface area contributed by atoms with Gasteiger partial charge in [0.1, 0.15) is 0 Å². The Hall–Kier alpha value is 1.06. The molecule has 1 saturated heterocycles. The van der Waals surface area contributed by atoms with Crippen molar-refractivity contribution in [2.45, 2.75) is 13.0 Å². The van der Waals surface area contributed by atoms with E-state index in [1.807, 2.05) is 6.92 Å². The zero-order chi connectivity index (χ0) is 3.70. The molecule has 1 fully saturated rings. The van der Waals surface area contributed by atoms with Gasteiger partial charge >= 0.3 is 0 Å². The van der Waals surface area contributed by atoms with E-state index >= 15 is 0 Å². The number of ether oxygens (including phenoxy) is 1. The van der Waals surface area contributed by atoms with Crippen LogP contribution in [0.15, 0.2) is 0 Å². The minimum Gasteiger partial charge on any atom is -0.408 e. The Balaban J connectivity index is 0.000000250. The van der Waals surface area contributed by atoms with E-state index in [9.17, 15) is 0 Å². The van der Waals surface area contributed by atoms with E-state index in [0.29, 0.717) is 6.10 Å². The predicted octanol–water partition coefficient (Wildman–Crippen LogP) is 0.607. The molecule has 0 aromatic carbocycles. The third-order valence-corrected chi connectivity index (χ3v) is 0.731. The van der Waals surface area contributed by atoms with Crippen LogP contribution in [0.25, 0.3) is 0 Å². The molecule has 1 aliphatic rings.